The Labute approximate surface area is 144 Å². The molecule has 8 heteroatoms. The van der Waals surface area contributed by atoms with Crippen LogP contribution in [0.25, 0.3) is 11.1 Å². The molecule has 7 nitrogen and oxygen atoms in total. The molecule has 0 saturated heterocycles. The Morgan fingerprint density at radius 3 is 2.36 bits per heavy atom. The Morgan fingerprint density at radius 2 is 1.76 bits per heavy atom. The highest BCUT2D eigenvalue weighted by Crippen LogP contribution is 2.36. The fourth-order valence-electron chi connectivity index (χ4n) is 2.60. The highest BCUT2D eigenvalue weighted by molar-refractivity contribution is 7.89. The fourth-order valence-corrected chi connectivity index (χ4v) is 3.12. The van der Waals surface area contributed by atoms with Crippen molar-refractivity contribution in [2.24, 2.45) is 5.14 Å². The zero-order chi connectivity index (χ0) is 18.2. The van der Waals surface area contributed by atoms with E-state index in [1.54, 1.807) is 12.1 Å². The normalized spacial score (nSPS) is 14.6. The monoisotopic (exact) mass is 361 g/mol. The predicted molar refractivity (Wildman–Crippen MR) is 90.2 cm³/mol. The lowest BCUT2D eigenvalue weighted by Crippen LogP contribution is -2.12. The quantitative estimate of drug-likeness (QED) is 0.798. The molecule has 0 atom stereocenters. The van der Waals surface area contributed by atoms with Crippen molar-refractivity contribution < 1.29 is 27.8 Å². The summed E-state index contributed by atoms with van der Waals surface area (Å²) in [7, 11) is -2.39. The lowest BCUT2D eigenvalue weighted by molar-refractivity contribution is -0.133. The third kappa shape index (κ3) is 3.21. The molecule has 1 aliphatic rings. The highest BCUT2D eigenvalue weighted by Gasteiger charge is 2.28. The zero-order valence-corrected chi connectivity index (χ0v) is 14.0. The number of aromatic hydroxyl groups is 1. The molecule has 0 spiro atoms. The number of hydrogen-bond donors (Lipinski definition) is 2. The lowest BCUT2D eigenvalue weighted by Gasteiger charge is -2.08. The van der Waals surface area contributed by atoms with Gasteiger partial charge < -0.3 is 14.6 Å². The van der Waals surface area contributed by atoms with Gasteiger partial charge in [-0.15, -0.1) is 0 Å². The summed E-state index contributed by atoms with van der Waals surface area (Å²) in [5.74, 6) is -0.255. The molecule has 0 saturated carbocycles. The number of carbonyl (C=O) groups is 1. The van der Waals surface area contributed by atoms with Gasteiger partial charge in [-0.3, -0.25) is 0 Å². The second-order valence-electron chi connectivity index (χ2n) is 5.39. The minimum Gasteiger partial charge on any atom is -0.504 e. The number of phenols is 1. The SMILES string of the molecule is COc1cc(C2=C(c3ccc(S(N)(=O)=O)cc3)C(=O)OC2)ccc1O. The van der Waals surface area contributed by atoms with E-state index in [2.05, 4.69) is 0 Å². The number of carbonyl (C=O) groups excluding carboxylic acids is 1. The standard InChI is InChI=1S/C17H15NO6S/c1-23-15-8-11(4-7-14(15)19)13-9-24-17(20)16(13)10-2-5-12(6-3-10)25(18,21)22/h2-8,19H,9H2,1H3,(H2,18,21,22). The van der Waals surface area contributed by atoms with Gasteiger partial charge in [0.05, 0.1) is 17.6 Å². The summed E-state index contributed by atoms with van der Waals surface area (Å²) in [4.78, 5) is 12.1. The van der Waals surface area contributed by atoms with Crippen molar-refractivity contribution in [3.05, 3.63) is 53.6 Å². The van der Waals surface area contributed by atoms with E-state index >= 15 is 0 Å². The Balaban J connectivity index is 2.11. The summed E-state index contributed by atoms with van der Waals surface area (Å²) in [6.07, 6.45) is 0. The van der Waals surface area contributed by atoms with Crippen molar-refractivity contribution in [2.75, 3.05) is 13.7 Å². The number of methoxy groups -OCH3 is 1. The van der Waals surface area contributed by atoms with Gasteiger partial charge in [-0.05, 0) is 35.4 Å². The van der Waals surface area contributed by atoms with Crippen LogP contribution in [0.2, 0.25) is 0 Å². The van der Waals surface area contributed by atoms with Crippen LogP contribution in [0.5, 0.6) is 11.5 Å². The van der Waals surface area contributed by atoms with Crippen LogP contribution in [0.1, 0.15) is 11.1 Å². The van der Waals surface area contributed by atoms with Crippen LogP contribution < -0.4 is 9.88 Å². The van der Waals surface area contributed by atoms with E-state index in [4.69, 9.17) is 14.6 Å². The Morgan fingerprint density at radius 1 is 1.12 bits per heavy atom. The smallest absolute Gasteiger partial charge is 0.339 e. The molecule has 1 aliphatic heterocycles. The van der Waals surface area contributed by atoms with Gasteiger partial charge in [0.1, 0.15) is 6.61 Å². The minimum absolute atomic E-state index is 0.0175. The second kappa shape index (κ2) is 6.23. The molecule has 2 aromatic rings. The highest BCUT2D eigenvalue weighted by atomic mass is 32.2. The first-order valence-electron chi connectivity index (χ1n) is 7.22. The first kappa shape index (κ1) is 17.0. The maximum Gasteiger partial charge on any atom is 0.339 e. The van der Waals surface area contributed by atoms with Crippen LogP contribution >= 0.6 is 0 Å². The van der Waals surface area contributed by atoms with E-state index in [1.807, 2.05) is 0 Å². The number of ether oxygens (including phenoxy) is 2. The zero-order valence-electron chi connectivity index (χ0n) is 13.2. The summed E-state index contributed by atoms with van der Waals surface area (Å²) < 4.78 is 32.9. The van der Waals surface area contributed by atoms with E-state index in [9.17, 15) is 18.3 Å². The van der Waals surface area contributed by atoms with Crippen molar-refractivity contribution >= 4 is 27.1 Å². The number of benzene rings is 2. The molecule has 0 aromatic heterocycles. The molecule has 3 rings (SSSR count). The number of esters is 1. The summed E-state index contributed by atoms with van der Waals surface area (Å²) >= 11 is 0. The molecular weight excluding hydrogens is 346 g/mol. The van der Waals surface area contributed by atoms with Gasteiger partial charge in [0.25, 0.3) is 0 Å². The average Bonchev–Trinajstić information content (AvgIpc) is 2.96. The molecule has 130 valence electrons. The van der Waals surface area contributed by atoms with E-state index < -0.39 is 16.0 Å². The topological polar surface area (TPSA) is 116 Å². The second-order valence-corrected chi connectivity index (χ2v) is 6.95. The summed E-state index contributed by atoms with van der Waals surface area (Å²) in [6, 6.07) is 10.4. The van der Waals surface area contributed by atoms with Crippen LogP contribution in [0.15, 0.2) is 47.4 Å². The van der Waals surface area contributed by atoms with E-state index in [0.29, 0.717) is 22.3 Å². The number of phenolic OH excluding ortho intramolecular Hbond substituents is 1. The fraction of sp³-hybridized carbons (Fsp3) is 0.118. The van der Waals surface area contributed by atoms with Gasteiger partial charge in [0.2, 0.25) is 10.0 Å². The third-order valence-corrected chi connectivity index (χ3v) is 4.78. The minimum atomic E-state index is -3.81. The van der Waals surface area contributed by atoms with Gasteiger partial charge in [0.15, 0.2) is 11.5 Å². The van der Waals surface area contributed by atoms with Gasteiger partial charge >= 0.3 is 5.97 Å². The molecule has 1 heterocycles. The summed E-state index contributed by atoms with van der Waals surface area (Å²) in [5.41, 5.74) is 2.11. The molecule has 0 radical (unpaired) electrons. The Kier molecular flexibility index (Phi) is 4.23. The van der Waals surface area contributed by atoms with Crippen LogP contribution in [-0.4, -0.2) is 33.2 Å². The average molecular weight is 361 g/mol. The molecule has 0 amide bonds. The molecule has 3 N–H and O–H groups in total. The molecule has 0 bridgehead atoms. The Bertz CT molecular complexity index is 977. The first-order chi connectivity index (χ1) is 11.8. The molecule has 2 aromatic carbocycles. The number of sulfonamides is 1. The largest absolute Gasteiger partial charge is 0.504 e. The van der Waals surface area contributed by atoms with E-state index in [0.717, 1.165) is 0 Å². The number of primary sulfonamides is 1. The first-order valence-corrected chi connectivity index (χ1v) is 8.77. The van der Waals surface area contributed by atoms with Crippen LogP contribution in [0.3, 0.4) is 0 Å². The van der Waals surface area contributed by atoms with Crippen molar-refractivity contribution in [2.45, 2.75) is 4.90 Å². The predicted octanol–water partition coefficient (Wildman–Crippen LogP) is 1.52. The third-order valence-electron chi connectivity index (χ3n) is 3.85. The molecular formula is C17H15NO6S. The number of nitrogens with two attached hydrogens (primary N) is 1. The van der Waals surface area contributed by atoms with Crippen molar-refractivity contribution in [1.82, 2.24) is 0 Å². The van der Waals surface area contributed by atoms with Crippen molar-refractivity contribution in [3.8, 4) is 11.5 Å². The Hall–Kier alpha value is -2.84. The van der Waals surface area contributed by atoms with Gasteiger partial charge in [-0.25, -0.2) is 18.4 Å². The van der Waals surface area contributed by atoms with Gasteiger partial charge in [-0.2, -0.15) is 0 Å². The number of cyclic esters (lactones) is 1. The maximum absolute atomic E-state index is 12.2. The number of hydrogen-bond acceptors (Lipinski definition) is 6. The van der Waals surface area contributed by atoms with Crippen molar-refractivity contribution in [1.29, 1.82) is 0 Å². The molecule has 25 heavy (non-hydrogen) atoms. The van der Waals surface area contributed by atoms with Gasteiger partial charge in [-0.1, -0.05) is 18.2 Å². The van der Waals surface area contributed by atoms with E-state index in [-0.39, 0.29) is 23.0 Å². The summed E-state index contributed by atoms with van der Waals surface area (Å²) in [5, 5.41) is 14.8. The summed E-state index contributed by atoms with van der Waals surface area (Å²) in [6.45, 7) is 0.0685. The van der Waals surface area contributed by atoms with Crippen molar-refractivity contribution in [3.63, 3.8) is 0 Å². The molecule has 0 aliphatic carbocycles. The molecule has 0 unspecified atom stereocenters. The lowest BCUT2D eigenvalue weighted by atomic mass is 9.96. The van der Waals surface area contributed by atoms with E-state index in [1.165, 1.54) is 37.4 Å². The van der Waals surface area contributed by atoms with Crippen LogP contribution in [0.4, 0.5) is 0 Å². The number of rotatable bonds is 4. The molecule has 0 fully saturated rings. The van der Waals surface area contributed by atoms with Crippen LogP contribution in [-0.2, 0) is 19.6 Å². The maximum atomic E-state index is 12.2. The van der Waals surface area contributed by atoms with Crippen LogP contribution in [0, 0.1) is 0 Å². The van der Waals surface area contributed by atoms with Gasteiger partial charge in [0, 0.05) is 5.57 Å².